The van der Waals surface area contributed by atoms with E-state index in [2.05, 4.69) is 10.1 Å². The van der Waals surface area contributed by atoms with E-state index in [1.165, 1.54) is 6.07 Å². The van der Waals surface area contributed by atoms with Gasteiger partial charge in [0, 0.05) is 36.4 Å². The van der Waals surface area contributed by atoms with Crippen LogP contribution in [0.15, 0.2) is 61.2 Å². The third-order valence-electron chi connectivity index (χ3n) is 3.54. The molecule has 0 aliphatic heterocycles. The average Bonchev–Trinajstić information content (AvgIpc) is 3.12. The number of rotatable bonds is 2. The molecule has 0 fully saturated rings. The van der Waals surface area contributed by atoms with Gasteiger partial charge in [0.05, 0.1) is 17.1 Å². The van der Waals surface area contributed by atoms with E-state index in [0.29, 0.717) is 5.69 Å². The van der Waals surface area contributed by atoms with Crippen LogP contribution < -0.4 is 5.73 Å². The maximum atomic E-state index is 14.2. The highest BCUT2D eigenvalue weighted by Crippen LogP contribution is 2.24. The number of imidazole rings is 1. The Morgan fingerprint density at radius 3 is 2.82 bits per heavy atom. The van der Waals surface area contributed by atoms with Crippen molar-refractivity contribution in [2.24, 2.45) is 0 Å². The predicted octanol–water partition coefficient (Wildman–Crippen LogP) is 2.91. The SMILES string of the molecule is Nc1cccc(-n2ccn3nc(-c4cccnc4)cc23)c1F. The number of hydrogen-bond acceptors (Lipinski definition) is 3. The monoisotopic (exact) mass is 293 g/mol. The Hall–Kier alpha value is -3.15. The minimum absolute atomic E-state index is 0.122. The smallest absolute Gasteiger partial charge is 0.170 e. The van der Waals surface area contributed by atoms with Gasteiger partial charge >= 0.3 is 0 Å². The molecule has 0 aliphatic carbocycles. The highest BCUT2D eigenvalue weighted by Gasteiger charge is 2.13. The fourth-order valence-electron chi connectivity index (χ4n) is 2.46. The molecular formula is C16H12FN5. The number of halogens is 1. The van der Waals surface area contributed by atoms with Crippen molar-refractivity contribution in [3.05, 3.63) is 67.0 Å². The first-order chi connectivity index (χ1) is 10.7. The van der Waals surface area contributed by atoms with Crippen molar-refractivity contribution < 1.29 is 4.39 Å². The molecule has 0 bridgehead atoms. The summed E-state index contributed by atoms with van der Waals surface area (Å²) in [5, 5.41) is 4.48. The zero-order valence-corrected chi connectivity index (χ0v) is 11.5. The first-order valence-electron chi connectivity index (χ1n) is 6.75. The maximum absolute atomic E-state index is 14.2. The number of nitrogens with two attached hydrogens (primary N) is 1. The van der Waals surface area contributed by atoms with Crippen molar-refractivity contribution >= 4 is 11.3 Å². The molecule has 4 aromatic rings. The minimum atomic E-state index is -0.440. The van der Waals surface area contributed by atoms with Gasteiger partial charge in [0.25, 0.3) is 0 Å². The van der Waals surface area contributed by atoms with Gasteiger partial charge in [-0.15, -0.1) is 0 Å². The van der Waals surface area contributed by atoms with Crippen LogP contribution in [0.5, 0.6) is 0 Å². The fraction of sp³-hybridized carbons (Fsp3) is 0. The van der Waals surface area contributed by atoms with Crippen LogP contribution >= 0.6 is 0 Å². The molecule has 2 N–H and O–H groups in total. The zero-order valence-electron chi connectivity index (χ0n) is 11.5. The van der Waals surface area contributed by atoms with E-state index in [0.717, 1.165) is 16.9 Å². The molecule has 22 heavy (non-hydrogen) atoms. The van der Waals surface area contributed by atoms with E-state index in [4.69, 9.17) is 5.73 Å². The van der Waals surface area contributed by atoms with Crippen LogP contribution in [0.3, 0.4) is 0 Å². The molecule has 0 aliphatic rings. The summed E-state index contributed by atoms with van der Waals surface area (Å²) in [6, 6.07) is 10.6. The Bertz CT molecular complexity index is 955. The van der Waals surface area contributed by atoms with E-state index >= 15 is 0 Å². The van der Waals surface area contributed by atoms with E-state index in [1.54, 1.807) is 46.0 Å². The van der Waals surface area contributed by atoms with Crippen LogP contribution in [0.25, 0.3) is 22.6 Å². The van der Waals surface area contributed by atoms with Gasteiger partial charge in [0.1, 0.15) is 5.65 Å². The lowest BCUT2D eigenvalue weighted by molar-refractivity contribution is 0.624. The van der Waals surface area contributed by atoms with Crippen LogP contribution in [0.4, 0.5) is 10.1 Å². The summed E-state index contributed by atoms with van der Waals surface area (Å²) in [6.07, 6.45) is 6.99. The molecule has 0 atom stereocenters. The summed E-state index contributed by atoms with van der Waals surface area (Å²) in [7, 11) is 0. The number of pyridine rings is 1. The van der Waals surface area contributed by atoms with Crippen LogP contribution in [-0.4, -0.2) is 19.2 Å². The third kappa shape index (κ3) is 1.85. The molecule has 3 heterocycles. The molecule has 5 nitrogen and oxygen atoms in total. The number of nitrogen functional groups attached to an aromatic ring is 1. The molecule has 0 saturated heterocycles. The predicted molar refractivity (Wildman–Crippen MR) is 82.1 cm³/mol. The maximum Gasteiger partial charge on any atom is 0.170 e. The van der Waals surface area contributed by atoms with Crippen LogP contribution in [0.2, 0.25) is 0 Å². The van der Waals surface area contributed by atoms with Gasteiger partial charge in [-0.25, -0.2) is 8.91 Å². The molecule has 0 unspecified atom stereocenters. The number of fused-ring (bicyclic) bond motifs is 1. The van der Waals surface area contributed by atoms with Crippen molar-refractivity contribution in [1.82, 2.24) is 19.2 Å². The number of benzene rings is 1. The van der Waals surface area contributed by atoms with Gasteiger partial charge in [-0.2, -0.15) is 5.10 Å². The van der Waals surface area contributed by atoms with E-state index < -0.39 is 5.82 Å². The zero-order chi connectivity index (χ0) is 15.1. The summed E-state index contributed by atoms with van der Waals surface area (Å²) in [5.74, 6) is -0.440. The molecular weight excluding hydrogens is 281 g/mol. The van der Waals surface area contributed by atoms with Crippen molar-refractivity contribution in [1.29, 1.82) is 0 Å². The molecule has 108 valence electrons. The standard InChI is InChI=1S/C16H12FN5/c17-16-12(18)4-1-5-14(16)21-7-8-22-15(21)9-13(20-22)11-3-2-6-19-10-11/h1-10H,18H2. The Morgan fingerprint density at radius 2 is 2.00 bits per heavy atom. The quantitative estimate of drug-likeness (QED) is 0.578. The molecule has 0 radical (unpaired) electrons. The number of nitrogens with zero attached hydrogens (tertiary/aromatic N) is 4. The lowest BCUT2D eigenvalue weighted by Gasteiger charge is -2.06. The molecule has 6 heteroatoms. The molecule has 3 aromatic heterocycles. The third-order valence-corrected chi connectivity index (χ3v) is 3.54. The van der Waals surface area contributed by atoms with Crippen LogP contribution in [-0.2, 0) is 0 Å². The van der Waals surface area contributed by atoms with Crippen molar-refractivity contribution in [2.75, 3.05) is 5.73 Å². The second-order valence-electron chi connectivity index (χ2n) is 4.92. The van der Waals surface area contributed by atoms with Crippen molar-refractivity contribution in [3.8, 4) is 16.9 Å². The number of hydrogen-bond donors (Lipinski definition) is 1. The van der Waals surface area contributed by atoms with Gasteiger partial charge in [-0.1, -0.05) is 6.07 Å². The number of aromatic nitrogens is 4. The minimum Gasteiger partial charge on any atom is -0.396 e. The molecule has 0 spiro atoms. The molecule has 1 aromatic carbocycles. The summed E-state index contributed by atoms with van der Waals surface area (Å²) in [5.41, 5.74) is 8.61. The molecule has 0 amide bonds. The van der Waals surface area contributed by atoms with Crippen LogP contribution in [0, 0.1) is 5.82 Å². The topological polar surface area (TPSA) is 61.1 Å². The van der Waals surface area contributed by atoms with Crippen molar-refractivity contribution in [3.63, 3.8) is 0 Å². The lowest BCUT2D eigenvalue weighted by Crippen LogP contribution is -2.00. The highest BCUT2D eigenvalue weighted by atomic mass is 19.1. The second kappa shape index (κ2) is 4.70. The highest BCUT2D eigenvalue weighted by molar-refractivity contribution is 5.65. The van der Waals surface area contributed by atoms with E-state index in [1.807, 2.05) is 18.2 Å². The van der Waals surface area contributed by atoms with Gasteiger partial charge in [-0.05, 0) is 24.3 Å². The lowest BCUT2D eigenvalue weighted by atomic mass is 10.2. The average molecular weight is 293 g/mol. The fourth-order valence-corrected chi connectivity index (χ4v) is 2.46. The van der Waals surface area contributed by atoms with Crippen LogP contribution in [0.1, 0.15) is 0 Å². The Kier molecular flexibility index (Phi) is 2.69. The first kappa shape index (κ1) is 12.6. The summed E-state index contributed by atoms with van der Waals surface area (Å²) in [6.45, 7) is 0. The van der Waals surface area contributed by atoms with Gasteiger partial charge in [0.15, 0.2) is 5.82 Å². The van der Waals surface area contributed by atoms with E-state index in [9.17, 15) is 4.39 Å². The van der Waals surface area contributed by atoms with Gasteiger partial charge in [0.2, 0.25) is 0 Å². The summed E-state index contributed by atoms with van der Waals surface area (Å²) >= 11 is 0. The Balaban J connectivity index is 1.90. The second-order valence-corrected chi connectivity index (χ2v) is 4.92. The van der Waals surface area contributed by atoms with Gasteiger partial charge in [-0.3, -0.25) is 9.55 Å². The summed E-state index contributed by atoms with van der Waals surface area (Å²) < 4.78 is 17.7. The Morgan fingerprint density at radius 1 is 1.09 bits per heavy atom. The number of anilines is 1. The molecule has 4 rings (SSSR count). The largest absolute Gasteiger partial charge is 0.396 e. The normalized spacial score (nSPS) is 11.1. The van der Waals surface area contributed by atoms with E-state index in [-0.39, 0.29) is 5.69 Å². The summed E-state index contributed by atoms with van der Waals surface area (Å²) in [4.78, 5) is 4.09. The first-order valence-corrected chi connectivity index (χ1v) is 6.75. The van der Waals surface area contributed by atoms with Gasteiger partial charge < -0.3 is 5.73 Å². The Labute approximate surface area is 125 Å². The van der Waals surface area contributed by atoms with Crippen molar-refractivity contribution in [2.45, 2.75) is 0 Å². The molecule has 0 saturated carbocycles.